The Hall–Kier alpha value is -1.05. The van der Waals surface area contributed by atoms with Crippen LogP contribution in [-0.4, -0.2) is 10.1 Å². The van der Waals surface area contributed by atoms with Gasteiger partial charge in [-0.15, -0.1) is 0 Å². The lowest BCUT2D eigenvalue weighted by molar-refractivity contribution is 0.457. The van der Waals surface area contributed by atoms with Crippen LogP contribution >= 0.6 is 0 Å². The third kappa shape index (κ3) is 3.22. The number of unbranched alkanes of at least 4 members (excludes halogenated alkanes) is 2. The number of rotatable bonds is 6. The average molecular weight is 221 g/mol. The molecule has 0 aliphatic heterocycles. The van der Waals surface area contributed by atoms with Gasteiger partial charge < -0.3 is 5.11 Å². The minimum atomic E-state index is 0.419. The molecule has 0 aromatic carbocycles. The van der Waals surface area contributed by atoms with Gasteiger partial charge >= 0.3 is 0 Å². The molecule has 1 aromatic rings. The van der Waals surface area contributed by atoms with Gasteiger partial charge in [0.2, 0.25) is 0 Å². The van der Waals surface area contributed by atoms with Gasteiger partial charge in [-0.25, -0.2) is 0 Å². The van der Waals surface area contributed by atoms with Crippen LogP contribution in [0.25, 0.3) is 0 Å². The highest BCUT2D eigenvalue weighted by Gasteiger charge is 2.10. The lowest BCUT2D eigenvalue weighted by Gasteiger charge is -2.12. The summed E-state index contributed by atoms with van der Waals surface area (Å²) in [4.78, 5) is 4.25. The van der Waals surface area contributed by atoms with E-state index in [1.165, 1.54) is 18.4 Å². The molecule has 16 heavy (non-hydrogen) atoms. The van der Waals surface area contributed by atoms with Crippen molar-refractivity contribution in [3.05, 3.63) is 23.0 Å². The summed E-state index contributed by atoms with van der Waals surface area (Å²) < 4.78 is 0. The molecule has 0 unspecified atom stereocenters. The van der Waals surface area contributed by atoms with E-state index in [4.69, 9.17) is 0 Å². The van der Waals surface area contributed by atoms with E-state index in [9.17, 15) is 5.11 Å². The van der Waals surface area contributed by atoms with E-state index in [-0.39, 0.29) is 0 Å². The Kier molecular flexibility index (Phi) is 5.30. The summed E-state index contributed by atoms with van der Waals surface area (Å²) in [5, 5.41) is 10.0. The number of hydrogen-bond donors (Lipinski definition) is 1. The largest absolute Gasteiger partial charge is 0.506 e. The highest BCUT2D eigenvalue weighted by atomic mass is 16.3. The fourth-order valence-electron chi connectivity index (χ4n) is 1.90. The molecule has 1 N–H and O–H groups in total. The molecular weight excluding hydrogens is 198 g/mol. The molecule has 1 rings (SSSR count). The van der Waals surface area contributed by atoms with Crippen molar-refractivity contribution in [2.24, 2.45) is 0 Å². The maximum Gasteiger partial charge on any atom is 0.140 e. The summed E-state index contributed by atoms with van der Waals surface area (Å²) in [6.45, 7) is 6.23. The van der Waals surface area contributed by atoms with Gasteiger partial charge in [-0.2, -0.15) is 0 Å². The van der Waals surface area contributed by atoms with E-state index < -0.39 is 0 Å². The smallest absolute Gasteiger partial charge is 0.140 e. The number of pyridine rings is 1. The van der Waals surface area contributed by atoms with Gasteiger partial charge in [-0.05, 0) is 38.2 Å². The standard InChI is InChI=1S/C14H23NO/c1-4-6-8-12-10-15-11(3)14(16)13(12)9-7-5-2/h10,16H,4-9H2,1-3H3. The Bertz CT molecular complexity index is 334. The van der Waals surface area contributed by atoms with Crippen LogP contribution in [0, 0.1) is 6.92 Å². The molecule has 1 heterocycles. The van der Waals surface area contributed by atoms with Crippen molar-refractivity contribution in [1.29, 1.82) is 0 Å². The fraction of sp³-hybridized carbons (Fsp3) is 0.643. The van der Waals surface area contributed by atoms with Gasteiger partial charge in [0.15, 0.2) is 0 Å². The molecule has 2 heteroatoms. The third-order valence-corrected chi connectivity index (χ3v) is 3.01. The first-order chi connectivity index (χ1) is 7.70. The topological polar surface area (TPSA) is 33.1 Å². The lowest BCUT2D eigenvalue weighted by atomic mass is 9.98. The predicted molar refractivity (Wildman–Crippen MR) is 67.9 cm³/mol. The first-order valence-electron chi connectivity index (χ1n) is 6.37. The summed E-state index contributed by atoms with van der Waals surface area (Å²) in [5.41, 5.74) is 3.12. The first-order valence-corrected chi connectivity index (χ1v) is 6.37. The number of aryl methyl sites for hydroxylation is 2. The molecule has 2 nitrogen and oxygen atoms in total. The van der Waals surface area contributed by atoms with Crippen LogP contribution in [0.15, 0.2) is 6.20 Å². The van der Waals surface area contributed by atoms with Gasteiger partial charge in [0.05, 0.1) is 5.69 Å². The quantitative estimate of drug-likeness (QED) is 0.793. The van der Waals surface area contributed by atoms with Crippen LogP contribution in [0.3, 0.4) is 0 Å². The van der Waals surface area contributed by atoms with E-state index in [2.05, 4.69) is 18.8 Å². The number of hydrogen-bond acceptors (Lipinski definition) is 2. The molecule has 1 aromatic heterocycles. The molecule has 0 aliphatic rings. The van der Waals surface area contributed by atoms with Crippen molar-refractivity contribution < 1.29 is 5.11 Å². The highest BCUT2D eigenvalue weighted by Crippen LogP contribution is 2.26. The van der Waals surface area contributed by atoms with Crippen molar-refractivity contribution in [2.45, 2.75) is 59.3 Å². The zero-order chi connectivity index (χ0) is 12.0. The second-order valence-electron chi connectivity index (χ2n) is 4.40. The Morgan fingerprint density at radius 2 is 1.75 bits per heavy atom. The van der Waals surface area contributed by atoms with Crippen LogP contribution in [-0.2, 0) is 12.8 Å². The first kappa shape index (κ1) is 13.0. The molecule has 0 aliphatic carbocycles. The molecule has 0 saturated carbocycles. The van der Waals surface area contributed by atoms with Gasteiger partial charge in [0.25, 0.3) is 0 Å². The Morgan fingerprint density at radius 1 is 1.12 bits per heavy atom. The van der Waals surface area contributed by atoms with Crippen LogP contribution in [0.2, 0.25) is 0 Å². The molecule has 0 saturated heterocycles. The van der Waals surface area contributed by atoms with E-state index in [1.54, 1.807) is 0 Å². The van der Waals surface area contributed by atoms with Crippen LogP contribution in [0.4, 0.5) is 0 Å². The Labute approximate surface area is 98.7 Å². The average Bonchev–Trinajstić information content (AvgIpc) is 2.29. The van der Waals surface area contributed by atoms with Crippen molar-refractivity contribution in [3.63, 3.8) is 0 Å². The second-order valence-corrected chi connectivity index (χ2v) is 4.40. The zero-order valence-electron chi connectivity index (χ0n) is 10.7. The van der Waals surface area contributed by atoms with Crippen molar-refractivity contribution >= 4 is 0 Å². The van der Waals surface area contributed by atoms with Crippen LogP contribution in [0.1, 0.15) is 56.4 Å². The summed E-state index contributed by atoms with van der Waals surface area (Å²) in [7, 11) is 0. The molecule has 0 atom stereocenters. The third-order valence-electron chi connectivity index (χ3n) is 3.01. The minimum Gasteiger partial charge on any atom is -0.506 e. The van der Waals surface area contributed by atoms with Crippen molar-refractivity contribution in [2.75, 3.05) is 0 Å². The summed E-state index contributed by atoms with van der Waals surface area (Å²) in [5.74, 6) is 0.419. The fourth-order valence-corrected chi connectivity index (χ4v) is 1.90. The van der Waals surface area contributed by atoms with E-state index in [0.717, 1.165) is 36.9 Å². The number of aromatic nitrogens is 1. The van der Waals surface area contributed by atoms with Gasteiger partial charge in [-0.3, -0.25) is 4.98 Å². The lowest BCUT2D eigenvalue weighted by Crippen LogP contribution is -1.99. The molecule has 90 valence electrons. The Morgan fingerprint density at radius 3 is 2.38 bits per heavy atom. The number of nitrogens with zero attached hydrogens (tertiary/aromatic N) is 1. The molecular formula is C14H23NO. The van der Waals surface area contributed by atoms with Crippen LogP contribution in [0.5, 0.6) is 5.75 Å². The van der Waals surface area contributed by atoms with Crippen molar-refractivity contribution in [3.8, 4) is 5.75 Å². The van der Waals surface area contributed by atoms with Gasteiger partial charge in [0, 0.05) is 11.8 Å². The second kappa shape index (κ2) is 6.51. The molecule has 0 amide bonds. The SMILES string of the molecule is CCCCc1cnc(C)c(O)c1CCCC. The Balaban J connectivity index is 2.91. The molecule has 0 bridgehead atoms. The van der Waals surface area contributed by atoms with E-state index in [1.807, 2.05) is 13.1 Å². The zero-order valence-corrected chi connectivity index (χ0v) is 10.7. The summed E-state index contributed by atoms with van der Waals surface area (Å²) in [6, 6.07) is 0. The molecule has 0 radical (unpaired) electrons. The van der Waals surface area contributed by atoms with Crippen molar-refractivity contribution in [1.82, 2.24) is 4.98 Å². The normalized spacial score (nSPS) is 10.7. The highest BCUT2D eigenvalue weighted by molar-refractivity contribution is 5.41. The summed E-state index contributed by atoms with van der Waals surface area (Å²) in [6.07, 6.45) is 8.60. The molecule has 0 spiro atoms. The maximum absolute atomic E-state index is 10.0. The van der Waals surface area contributed by atoms with E-state index >= 15 is 0 Å². The number of aromatic hydroxyl groups is 1. The van der Waals surface area contributed by atoms with E-state index in [0.29, 0.717) is 5.75 Å². The summed E-state index contributed by atoms with van der Waals surface area (Å²) >= 11 is 0. The molecule has 0 fully saturated rings. The maximum atomic E-state index is 10.0. The van der Waals surface area contributed by atoms with Gasteiger partial charge in [-0.1, -0.05) is 26.7 Å². The predicted octanol–water partition coefficient (Wildman–Crippen LogP) is 3.78. The monoisotopic (exact) mass is 221 g/mol. The minimum absolute atomic E-state index is 0.419. The van der Waals surface area contributed by atoms with Crippen LogP contribution < -0.4 is 0 Å². The van der Waals surface area contributed by atoms with Gasteiger partial charge in [0.1, 0.15) is 5.75 Å².